The molecule has 0 saturated carbocycles. The number of anilines is 1. The Bertz CT molecular complexity index is 758. The maximum atomic E-state index is 12.5. The smallest absolute Gasteiger partial charge is 0.224 e. The van der Waals surface area contributed by atoms with Crippen LogP contribution in [0.15, 0.2) is 24.3 Å². The molecule has 1 atom stereocenters. The van der Waals surface area contributed by atoms with Crippen molar-refractivity contribution in [2.45, 2.75) is 26.3 Å². The van der Waals surface area contributed by atoms with Crippen molar-refractivity contribution < 1.29 is 13.2 Å². The van der Waals surface area contributed by atoms with Crippen LogP contribution in [-0.2, 0) is 21.4 Å². The standard InChI is InChI=1S/C20H32N4O3S/c1-3-28(26,27)24-10-4-5-18(16-24)20(25)21-15-17-6-8-19(9-7-17)23-13-11-22(2)12-14-23/h6-9,18H,3-5,10-16H2,1-2H3,(H,21,25)/t18-/m1/s1. The number of nitrogens with zero attached hydrogens (tertiary/aromatic N) is 3. The van der Waals surface area contributed by atoms with Crippen LogP contribution in [0.4, 0.5) is 5.69 Å². The number of piperidine rings is 1. The van der Waals surface area contributed by atoms with Gasteiger partial charge in [-0.25, -0.2) is 12.7 Å². The normalized spacial score (nSPS) is 22.2. The van der Waals surface area contributed by atoms with Crippen LogP contribution < -0.4 is 10.2 Å². The average molecular weight is 409 g/mol. The van der Waals surface area contributed by atoms with Gasteiger partial charge in [0.25, 0.3) is 0 Å². The number of hydrogen-bond donors (Lipinski definition) is 1. The lowest BCUT2D eigenvalue weighted by Crippen LogP contribution is -2.45. The van der Waals surface area contributed by atoms with Crippen LogP contribution in [0.3, 0.4) is 0 Å². The number of likely N-dealkylation sites (N-methyl/N-ethyl adjacent to an activating group) is 1. The molecule has 2 saturated heterocycles. The van der Waals surface area contributed by atoms with Gasteiger partial charge >= 0.3 is 0 Å². The van der Waals surface area contributed by atoms with Gasteiger partial charge in [0.1, 0.15) is 0 Å². The van der Waals surface area contributed by atoms with E-state index in [1.807, 2.05) is 0 Å². The fraction of sp³-hybridized carbons (Fsp3) is 0.650. The van der Waals surface area contributed by atoms with Crippen LogP contribution in [-0.4, -0.2) is 75.6 Å². The van der Waals surface area contributed by atoms with Crippen LogP contribution >= 0.6 is 0 Å². The van der Waals surface area contributed by atoms with E-state index in [4.69, 9.17) is 0 Å². The first-order valence-electron chi connectivity index (χ1n) is 10.2. The number of carbonyl (C=O) groups is 1. The lowest BCUT2D eigenvalue weighted by atomic mass is 9.98. The molecule has 156 valence electrons. The van der Waals surface area contributed by atoms with Gasteiger partial charge in [0.15, 0.2) is 0 Å². The van der Waals surface area contributed by atoms with E-state index in [9.17, 15) is 13.2 Å². The molecule has 1 aromatic rings. The quantitative estimate of drug-likeness (QED) is 0.764. The molecule has 0 spiro atoms. The van der Waals surface area contributed by atoms with E-state index in [1.165, 1.54) is 9.99 Å². The summed E-state index contributed by atoms with van der Waals surface area (Å²) in [6.07, 6.45) is 1.47. The fourth-order valence-electron chi connectivity index (χ4n) is 3.81. The second-order valence-electron chi connectivity index (χ2n) is 7.77. The van der Waals surface area contributed by atoms with Gasteiger partial charge in [0, 0.05) is 51.5 Å². The summed E-state index contributed by atoms with van der Waals surface area (Å²) in [6.45, 7) is 7.15. The van der Waals surface area contributed by atoms with Crippen LogP contribution in [0.5, 0.6) is 0 Å². The van der Waals surface area contributed by atoms with E-state index in [0.29, 0.717) is 19.6 Å². The molecule has 1 aromatic carbocycles. The molecule has 1 amide bonds. The van der Waals surface area contributed by atoms with Gasteiger partial charge in [-0.2, -0.15) is 0 Å². The SMILES string of the molecule is CCS(=O)(=O)N1CCC[C@@H](C(=O)NCc2ccc(N3CCN(C)CC3)cc2)C1. The highest BCUT2D eigenvalue weighted by molar-refractivity contribution is 7.89. The minimum Gasteiger partial charge on any atom is -0.369 e. The molecule has 0 aliphatic carbocycles. The third-order valence-corrected chi connectivity index (χ3v) is 7.63. The molecule has 1 N–H and O–H groups in total. The van der Waals surface area contributed by atoms with E-state index >= 15 is 0 Å². The number of nitrogens with one attached hydrogen (secondary N) is 1. The Kier molecular flexibility index (Phi) is 6.95. The highest BCUT2D eigenvalue weighted by Gasteiger charge is 2.31. The predicted molar refractivity (Wildman–Crippen MR) is 112 cm³/mol. The fourth-order valence-corrected chi connectivity index (χ4v) is 4.99. The molecule has 2 fully saturated rings. The van der Waals surface area contributed by atoms with Crippen molar-refractivity contribution in [3.8, 4) is 0 Å². The minimum atomic E-state index is -3.23. The van der Waals surface area contributed by atoms with E-state index in [0.717, 1.165) is 44.6 Å². The van der Waals surface area contributed by atoms with E-state index < -0.39 is 10.0 Å². The lowest BCUT2D eigenvalue weighted by molar-refractivity contribution is -0.126. The summed E-state index contributed by atoms with van der Waals surface area (Å²) in [7, 11) is -1.08. The van der Waals surface area contributed by atoms with Crippen LogP contribution in [0.1, 0.15) is 25.3 Å². The van der Waals surface area contributed by atoms with Crippen LogP contribution in [0, 0.1) is 5.92 Å². The van der Waals surface area contributed by atoms with Crippen molar-refractivity contribution in [3.63, 3.8) is 0 Å². The maximum absolute atomic E-state index is 12.5. The average Bonchev–Trinajstić information content (AvgIpc) is 2.73. The molecule has 2 aliphatic rings. The molecule has 8 heteroatoms. The first kappa shape index (κ1) is 21.1. The summed E-state index contributed by atoms with van der Waals surface area (Å²) in [6, 6.07) is 8.34. The zero-order valence-electron chi connectivity index (χ0n) is 16.9. The Labute approximate surface area is 168 Å². The van der Waals surface area contributed by atoms with Gasteiger partial charge in [-0.15, -0.1) is 0 Å². The number of rotatable bonds is 6. The van der Waals surface area contributed by atoms with E-state index in [1.54, 1.807) is 6.92 Å². The van der Waals surface area contributed by atoms with E-state index in [2.05, 4.69) is 46.4 Å². The van der Waals surface area contributed by atoms with Gasteiger partial charge in [0.05, 0.1) is 11.7 Å². The predicted octanol–water partition coefficient (Wildman–Crippen LogP) is 1.12. The van der Waals surface area contributed by atoms with Crippen molar-refractivity contribution in [3.05, 3.63) is 29.8 Å². The number of sulfonamides is 1. The zero-order chi connectivity index (χ0) is 20.1. The maximum Gasteiger partial charge on any atom is 0.224 e. The van der Waals surface area contributed by atoms with Gasteiger partial charge < -0.3 is 15.1 Å². The third-order valence-electron chi connectivity index (χ3n) is 5.78. The molecule has 0 unspecified atom stereocenters. The molecule has 0 aromatic heterocycles. The summed E-state index contributed by atoms with van der Waals surface area (Å²) in [5.41, 5.74) is 2.27. The van der Waals surface area contributed by atoms with Crippen molar-refractivity contribution in [1.29, 1.82) is 0 Å². The number of amides is 1. The highest BCUT2D eigenvalue weighted by atomic mass is 32.2. The van der Waals surface area contributed by atoms with Gasteiger partial charge in [-0.3, -0.25) is 4.79 Å². The Morgan fingerprint density at radius 3 is 2.43 bits per heavy atom. The van der Waals surface area contributed by atoms with Crippen molar-refractivity contribution in [2.24, 2.45) is 5.92 Å². The number of hydrogen-bond acceptors (Lipinski definition) is 5. The molecular weight excluding hydrogens is 376 g/mol. The molecule has 0 radical (unpaired) electrons. The highest BCUT2D eigenvalue weighted by Crippen LogP contribution is 2.20. The van der Waals surface area contributed by atoms with Gasteiger partial charge in [0.2, 0.25) is 15.9 Å². The van der Waals surface area contributed by atoms with Gasteiger partial charge in [-0.1, -0.05) is 12.1 Å². The Hall–Kier alpha value is -1.64. The summed E-state index contributed by atoms with van der Waals surface area (Å²) in [4.78, 5) is 17.2. The Morgan fingerprint density at radius 2 is 1.79 bits per heavy atom. The van der Waals surface area contributed by atoms with Crippen LogP contribution in [0.2, 0.25) is 0 Å². The Morgan fingerprint density at radius 1 is 1.11 bits per heavy atom. The first-order valence-corrected chi connectivity index (χ1v) is 11.8. The summed E-state index contributed by atoms with van der Waals surface area (Å²) < 4.78 is 25.6. The molecular formula is C20H32N4O3S. The Balaban J connectivity index is 1.50. The third kappa shape index (κ3) is 5.24. The second kappa shape index (κ2) is 9.24. The molecule has 2 heterocycles. The van der Waals surface area contributed by atoms with Crippen LogP contribution in [0.25, 0.3) is 0 Å². The molecule has 2 aliphatic heterocycles. The largest absolute Gasteiger partial charge is 0.369 e. The number of piperazine rings is 1. The first-order chi connectivity index (χ1) is 13.4. The lowest BCUT2D eigenvalue weighted by Gasteiger charge is -2.34. The van der Waals surface area contributed by atoms with Crippen molar-refractivity contribution >= 4 is 21.6 Å². The van der Waals surface area contributed by atoms with Crippen molar-refractivity contribution in [1.82, 2.24) is 14.5 Å². The molecule has 7 nitrogen and oxygen atoms in total. The minimum absolute atomic E-state index is 0.0563. The van der Waals surface area contributed by atoms with Gasteiger partial charge in [-0.05, 0) is 44.5 Å². The number of benzene rings is 1. The summed E-state index contributed by atoms with van der Waals surface area (Å²) in [5, 5.41) is 2.98. The van der Waals surface area contributed by atoms with Crippen molar-refractivity contribution in [2.75, 3.05) is 57.0 Å². The summed E-state index contributed by atoms with van der Waals surface area (Å²) in [5.74, 6) is -0.236. The molecule has 28 heavy (non-hydrogen) atoms. The molecule has 0 bridgehead atoms. The number of carbonyl (C=O) groups excluding carboxylic acids is 1. The summed E-state index contributed by atoms with van der Waals surface area (Å²) >= 11 is 0. The van der Waals surface area contributed by atoms with E-state index in [-0.39, 0.29) is 17.6 Å². The second-order valence-corrected chi connectivity index (χ2v) is 10.0. The molecule has 3 rings (SSSR count). The monoisotopic (exact) mass is 408 g/mol. The topological polar surface area (TPSA) is 73.0 Å². The zero-order valence-corrected chi connectivity index (χ0v) is 17.7.